The van der Waals surface area contributed by atoms with Gasteiger partial charge in [-0.05, 0) is 57.4 Å². The maximum Gasteiger partial charge on any atom is 0.491 e. The Morgan fingerprint density at radius 2 is 1.55 bits per heavy atom. The number of benzene rings is 2. The van der Waals surface area contributed by atoms with Gasteiger partial charge in [0.15, 0.2) is 26.5 Å². The lowest BCUT2D eigenvalue weighted by atomic mass is 10.1. The lowest BCUT2D eigenvalue weighted by molar-refractivity contribution is -0.809. The molecule has 6 atom stereocenters. The van der Waals surface area contributed by atoms with Crippen LogP contribution in [0.15, 0.2) is 87.5 Å². The van der Waals surface area contributed by atoms with Gasteiger partial charge in [-0.3, -0.25) is 19.2 Å². The number of amidine groups is 1. The van der Waals surface area contributed by atoms with Crippen LogP contribution in [0.25, 0.3) is 0 Å². The molecule has 0 amide bonds. The standard InChI is InChI=1S/C31H43N2O9PSi2.C9H16N2/c1-29(2,3)44(7,8)42-31(41-43(37)38)24(40-27(26(31)35)33-20-19-25(34)32-28(33)36)21-39-45(30(4,5)6,22-15-11-9-12-16-22)23-17-13-10-14-18-23;1-2-5-9-10-6-4-8-11(9)7-3-1/h9-20,24,26-27,35H,21H2,1-8H3,(H,32,34,36);1-8H2/p+1/t24-,26+,27-,31-;/m1./s1. The molecule has 306 valence electrons. The SMILES string of the molecule is C1CCC2=NCCC[NH+]2CC1.CC(C)(C)[Si](C)(C)O[C@]1(O[P+](=O)[O-])[C@@H](CO[Si](c2ccccc2)(c2ccccc2)C(C)(C)C)O[C@@H](n2ccc(=O)[nH]c2=O)[C@@H]1O. The molecule has 1 aromatic heterocycles. The van der Waals surface area contributed by atoms with Crippen LogP contribution in [0.2, 0.25) is 23.2 Å². The molecule has 0 radical (unpaired) electrons. The Morgan fingerprint density at radius 1 is 0.946 bits per heavy atom. The molecule has 2 aromatic carbocycles. The van der Waals surface area contributed by atoms with Crippen molar-refractivity contribution in [3.05, 3.63) is 93.8 Å². The van der Waals surface area contributed by atoms with E-state index >= 15 is 0 Å². The number of nitrogens with zero attached hydrogens (tertiary/aromatic N) is 2. The lowest BCUT2D eigenvalue weighted by Gasteiger charge is -2.46. The summed E-state index contributed by atoms with van der Waals surface area (Å²) in [6.07, 6.45) is 3.36. The molecule has 3 aromatic rings. The van der Waals surface area contributed by atoms with Crippen molar-refractivity contribution in [3.8, 4) is 0 Å². The zero-order chi connectivity index (χ0) is 40.9. The van der Waals surface area contributed by atoms with Crippen LogP contribution in [0, 0.1) is 0 Å². The Morgan fingerprint density at radius 3 is 2.11 bits per heavy atom. The number of ether oxygens (including phenoxy) is 1. The third-order valence-electron chi connectivity index (χ3n) is 11.6. The minimum atomic E-state index is -3.58. The summed E-state index contributed by atoms with van der Waals surface area (Å²) in [6, 6.07) is 20.8. The molecule has 0 bridgehead atoms. The van der Waals surface area contributed by atoms with Crippen molar-refractivity contribution >= 4 is 41.1 Å². The van der Waals surface area contributed by atoms with Gasteiger partial charge in [-0.1, -0.05) is 102 Å². The number of aromatic amines is 1. The van der Waals surface area contributed by atoms with Crippen LogP contribution in [0.1, 0.15) is 79.9 Å². The molecule has 6 rings (SSSR count). The van der Waals surface area contributed by atoms with Crippen LogP contribution in [0.3, 0.4) is 0 Å². The molecule has 0 saturated carbocycles. The van der Waals surface area contributed by atoms with E-state index in [0.29, 0.717) is 0 Å². The van der Waals surface area contributed by atoms with Gasteiger partial charge in [0.25, 0.3) is 19.7 Å². The van der Waals surface area contributed by atoms with Crippen molar-refractivity contribution in [2.75, 3.05) is 26.2 Å². The van der Waals surface area contributed by atoms with Crippen LogP contribution in [0.4, 0.5) is 0 Å². The van der Waals surface area contributed by atoms with Gasteiger partial charge in [0.05, 0.1) is 19.7 Å². The number of nitrogens with one attached hydrogen (secondary N) is 2. The molecule has 2 unspecified atom stereocenters. The number of quaternary nitrogens is 1. The number of aromatic nitrogens is 2. The summed E-state index contributed by atoms with van der Waals surface area (Å²) < 4.78 is 39.0. The molecule has 16 heteroatoms. The molecule has 3 aliphatic rings. The van der Waals surface area contributed by atoms with Gasteiger partial charge in [-0.2, -0.15) is 0 Å². The number of rotatable bonds is 10. The molecule has 0 aliphatic carbocycles. The summed E-state index contributed by atoms with van der Waals surface area (Å²) in [5.41, 5.74) is -1.49. The maximum atomic E-state index is 12.9. The second-order valence-corrected chi connectivity index (χ2v) is 27.1. The smallest absolute Gasteiger partial charge is 0.491 e. The van der Waals surface area contributed by atoms with Gasteiger partial charge in [-0.15, -0.1) is 4.52 Å². The van der Waals surface area contributed by atoms with Crippen LogP contribution in [0.5, 0.6) is 0 Å². The summed E-state index contributed by atoms with van der Waals surface area (Å²) in [5, 5.41) is 13.0. The molecule has 0 spiro atoms. The maximum absolute atomic E-state index is 12.9. The van der Waals surface area contributed by atoms with E-state index in [1.807, 2.05) is 94.5 Å². The minimum Gasteiger partial charge on any atom is -0.566 e. The van der Waals surface area contributed by atoms with Gasteiger partial charge in [-0.25, -0.2) is 9.79 Å². The van der Waals surface area contributed by atoms with E-state index in [9.17, 15) is 24.2 Å². The van der Waals surface area contributed by atoms with Crippen LogP contribution >= 0.6 is 8.25 Å². The van der Waals surface area contributed by atoms with Gasteiger partial charge in [0, 0.05) is 31.6 Å². The highest BCUT2D eigenvalue weighted by Gasteiger charge is 2.66. The van der Waals surface area contributed by atoms with E-state index in [1.165, 1.54) is 57.2 Å². The first-order valence-electron chi connectivity index (χ1n) is 19.6. The van der Waals surface area contributed by atoms with E-state index in [-0.39, 0.29) is 6.61 Å². The average Bonchev–Trinajstić information content (AvgIpc) is 3.25. The van der Waals surface area contributed by atoms with E-state index in [4.69, 9.17) is 18.1 Å². The summed E-state index contributed by atoms with van der Waals surface area (Å²) >= 11 is 0. The summed E-state index contributed by atoms with van der Waals surface area (Å²) in [7, 11) is -9.68. The summed E-state index contributed by atoms with van der Waals surface area (Å²) in [6.45, 7) is 19.5. The zero-order valence-electron chi connectivity index (χ0n) is 34.1. The van der Waals surface area contributed by atoms with Crippen LogP contribution in [-0.2, 0) is 22.7 Å². The van der Waals surface area contributed by atoms with E-state index in [1.54, 1.807) is 4.90 Å². The number of hydrogen-bond donors (Lipinski definition) is 3. The second-order valence-electron chi connectivity index (χ2n) is 17.4. The number of aliphatic hydroxyl groups excluding tert-OH is 1. The van der Waals surface area contributed by atoms with Crippen molar-refractivity contribution in [2.24, 2.45) is 4.99 Å². The number of aliphatic imine (C=N–C) groups is 1. The zero-order valence-corrected chi connectivity index (χ0v) is 37.0. The first-order valence-corrected chi connectivity index (χ1v) is 25.6. The van der Waals surface area contributed by atoms with Crippen molar-refractivity contribution in [3.63, 3.8) is 0 Å². The van der Waals surface area contributed by atoms with Gasteiger partial charge < -0.3 is 23.6 Å². The Balaban J connectivity index is 0.000000463. The van der Waals surface area contributed by atoms with Crippen molar-refractivity contribution in [2.45, 2.75) is 121 Å². The third kappa shape index (κ3) is 9.49. The number of H-pyrrole nitrogens is 1. The molecule has 4 heterocycles. The van der Waals surface area contributed by atoms with Gasteiger partial charge >= 0.3 is 13.9 Å². The third-order valence-corrected chi connectivity index (χ3v) is 21.5. The highest BCUT2D eigenvalue weighted by molar-refractivity contribution is 7.30. The monoisotopic (exact) mass is 827 g/mol. The molecule has 56 heavy (non-hydrogen) atoms. The predicted octanol–water partition coefficient (Wildman–Crippen LogP) is 3.37. The van der Waals surface area contributed by atoms with E-state index < -0.39 is 70.4 Å². The Bertz CT molecular complexity index is 1890. The van der Waals surface area contributed by atoms with Crippen molar-refractivity contribution in [1.82, 2.24) is 9.55 Å². The summed E-state index contributed by atoms with van der Waals surface area (Å²) in [4.78, 5) is 45.5. The van der Waals surface area contributed by atoms with Crippen LogP contribution in [-0.4, -0.2) is 81.4 Å². The van der Waals surface area contributed by atoms with Crippen molar-refractivity contribution in [1.29, 1.82) is 0 Å². The van der Waals surface area contributed by atoms with E-state index in [2.05, 4.69) is 30.7 Å². The number of hydrogen-bond acceptors (Lipinski definition) is 10. The highest BCUT2D eigenvalue weighted by Crippen LogP contribution is 2.50. The van der Waals surface area contributed by atoms with Crippen molar-refractivity contribution < 1.29 is 37.6 Å². The molecule has 3 aliphatic heterocycles. The molecule has 2 fully saturated rings. The molecular formula is C40H60N4O9PSi2+. The largest absolute Gasteiger partial charge is 0.566 e. The molecule has 2 saturated heterocycles. The minimum absolute atomic E-state index is 0.253. The molecule has 13 nitrogen and oxygen atoms in total. The van der Waals surface area contributed by atoms with Crippen LogP contribution < -0.4 is 31.4 Å². The average molecular weight is 828 g/mol. The Kier molecular flexibility index (Phi) is 14.1. The van der Waals surface area contributed by atoms with E-state index in [0.717, 1.165) is 27.6 Å². The quantitative estimate of drug-likeness (QED) is 0.158. The Hall–Kier alpha value is -2.96. The molecule has 3 N–H and O–H groups in total. The second kappa shape index (κ2) is 17.9. The fourth-order valence-electron chi connectivity index (χ4n) is 7.71. The topological polar surface area (TPSA) is 169 Å². The molecular weight excluding hydrogens is 768 g/mol. The Labute approximate surface area is 333 Å². The first kappa shape index (κ1) is 44.2. The van der Waals surface area contributed by atoms with Gasteiger partial charge in [0.2, 0.25) is 0 Å². The number of fused-ring (bicyclic) bond motifs is 1. The summed E-state index contributed by atoms with van der Waals surface area (Å²) in [5.74, 6) is -0.794. The fourth-order valence-corrected chi connectivity index (χ4v) is 14.2. The fraction of sp³-hybridized carbons (Fsp3) is 0.575. The first-order chi connectivity index (χ1) is 26.3. The predicted molar refractivity (Wildman–Crippen MR) is 221 cm³/mol. The lowest BCUT2D eigenvalue weighted by Crippen LogP contribution is -3.15. The van der Waals surface area contributed by atoms with Gasteiger partial charge in [0.1, 0.15) is 6.10 Å². The normalized spacial score (nSPS) is 25.0. The highest BCUT2D eigenvalue weighted by atomic mass is 31.1. The number of aliphatic hydroxyl groups is 1.